The van der Waals surface area contributed by atoms with Crippen LogP contribution < -0.4 is 10.6 Å². The van der Waals surface area contributed by atoms with Crippen LogP contribution in [0.3, 0.4) is 0 Å². The predicted octanol–water partition coefficient (Wildman–Crippen LogP) is 4.61. The summed E-state index contributed by atoms with van der Waals surface area (Å²) in [5.74, 6) is -0.123. The second kappa shape index (κ2) is 7.34. The van der Waals surface area contributed by atoms with Gasteiger partial charge >= 0.3 is 0 Å². The summed E-state index contributed by atoms with van der Waals surface area (Å²) >= 11 is 11.9. The number of rotatable bonds is 5. The van der Waals surface area contributed by atoms with E-state index in [0.717, 1.165) is 17.7 Å². The lowest BCUT2D eigenvalue weighted by Gasteiger charge is -2.11. The lowest BCUT2D eigenvalue weighted by molar-refractivity contribution is -0.114. The van der Waals surface area contributed by atoms with Gasteiger partial charge in [-0.2, -0.15) is 0 Å². The summed E-state index contributed by atoms with van der Waals surface area (Å²) in [7, 11) is 0. The first-order valence-electron chi connectivity index (χ1n) is 6.67. The third-order valence-corrected chi connectivity index (χ3v) is 3.59. The monoisotopic (exact) mass is 322 g/mol. The molecule has 2 N–H and O–H groups in total. The van der Waals surface area contributed by atoms with Gasteiger partial charge in [0.05, 0.1) is 17.3 Å². The van der Waals surface area contributed by atoms with Gasteiger partial charge in [-0.15, -0.1) is 0 Å². The molecule has 0 bridgehead atoms. The molecule has 0 aliphatic carbocycles. The molecule has 0 aliphatic heterocycles. The fraction of sp³-hybridized carbons (Fsp3) is 0.188. The highest BCUT2D eigenvalue weighted by molar-refractivity contribution is 6.36. The molecule has 0 atom stereocenters. The number of anilines is 2. The molecule has 5 heteroatoms. The van der Waals surface area contributed by atoms with Gasteiger partial charge in [0.15, 0.2) is 0 Å². The molecule has 0 spiro atoms. The maximum atomic E-state index is 12.0. The van der Waals surface area contributed by atoms with E-state index in [4.69, 9.17) is 23.2 Å². The quantitative estimate of drug-likeness (QED) is 0.844. The van der Waals surface area contributed by atoms with Crippen molar-refractivity contribution in [1.29, 1.82) is 0 Å². The third-order valence-electron chi connectivity index (χ3n) is 3.04. The van der Waals surface area contributed by atoms with E-state index >= 15 is 0 Å². The van der Waals surface area contributed by atoms with E-state index < -0.39 is 0 Å². The van der Waals surface area contributed by atoms with E-state index in [9.17, 15) is 4.79 Å². The van der Waals surface area contributed by atoms with Gasteiger partial charge in [0.25, 0.3) is 0 Å². The molecule has 21 heavy (non-hydrogen) atoms. The van der Waals surface area contributed by atoms with Gasteiger partial charge in [0, 0.05) is 10.7 Å². The van der Waals surface area contributed by atoms with Crippen molar-refractivity contribution in [2.24, 2.45) is 0 Å². The van der Waals surface area contributed by atoms with E-state index in [0.29, 0.717) is 15.7 Å². The summed E-state index contributed by atoms with van der Waals surface area (Å²) in [4.78, 5) is 12.0. The van der Waals surface area contributed by atoms with Crippen LogP contribution in [-0.4, -0.2) is 12.5 Å². The number of halogens is 2. The Labute approximate surface area is 134 Å². The molecule has 0 fully saturated rings. The molecule has 0 unspecified atom stereocenters. The Morgan fingerprint density at radius 1 is 1.10 bits per heavy atom. The fourth-order valence-electron chi connectivity index (χ4n) is 1.95. The van der Waals surface area contributed by atoms with Crippen LogP contribution in [-0.2, 0) is 11.2 Å². The summed E-state index contributed by atoms with van der Waals surface area (Å²) in [6.45, 7) is 2.19. The van der Waals surface area contributed by atoms with Gasteiger partial charge in [0.2, 0.25) is 5.91 Å². The minimum Gasteiger partial charge on any atom is -0.375 e. The number of hydrogen-bond acceptors (Lipinski definition) is 2. The van der Waals surface area contributed by atoms with Crippen LogP contribution in [0.4, 0.5) is 11.4 Å². The highest BCUT2D eigenvalue weighted by Gasteiger charge is 2.07. The normalized spacial score (nSPS) is 10.2. The minimum absolute atomic E-state index is 0.123. The first-order valence-corrected chi connectivity index (χ1v) is 7.42. The number of nitrogens with one attached hydrogen (secondary N) is 2. The Morgan fingerprint density at radius 2 is 1.86 bits per heavy atom. The number of hydrogen-bond donors (Lipinski definition) is 2. The van der Waals surface area contributed by atoms with Crippen LogP contribution in [0.25, 0.3) is 0 Å². The number of carbonyl (C=O) groups is 1. The smallest absolute Gasteiger partial charge is 0.243 e. The van der Waals surface area contributed by atoms with E-state index in [1.165, 1.54) is 0 Å². The van der Waals surface area contributed by atoms with Crippen LogP contribution in [0.2, 0.25) is 10.0 Å². The maximum absolute atomic E-state index is 12.0. The van der Waals surface area contributed by atoms with Crippen LogP contribution in [0.5, 0.6) is 0 Å². The largest absolute Gasteiger partial charge is 0.375 e. The van der Waals surface area contributed by atoms with Crippen molar-refractivity contribution in [2.45, 2.75) is 13.3 Å². The molecule has 1 amide bonds. The zero-order valence-electron chi connectivity index (χ0n) is 11.6. The lowest BCUT2D eigenvalue weighted by Crippen LogP contribution is -2.22. The molecule has 2 rings (SSSR count). The molecule has 0 saturated heterocycles. The molecule has 0 aromatic heterocycles. The van der Waals surface area contributed by atoms with E-state index in [2.05, 4.69) is 17.6 Å². The molecule has 110 valence electrons. The van der Waals surface area contributed by atoms with Crippen molar-refractivity contribution in [3.8, 4) is 0 Å². The highest BCUT2D eigenvalue weighted by atomic mass is 35.5. The molecular formula is C16H16Cl2N2O. The highest BCUT2D eigenvalue weighted by Crippen LogP contribution is 2.25. The van der Waals surface area contributed by atoms with Gasteiger partial charge in [0.1, 0.15) is 0 Å². The summed E-state index contributed by atoms with van der Waals surface area (Å²) in [5, 5.41) is 6.94. The van der Waals surface area contributed by atoms with Crippen LogP contribution in [0.1, 0.15) is 12.5 Å². The molecule has 0 saturated carbocycles. The SMILES string of the molecule is CCc1ccccc1NC(=O)CNc1ccc(Cl)cc1Cl. The molecule has 0 radical (unpaired) electrons. The summed E-state index contributed by atoms with van der Waals surface area (Å²) < 4.78 is 0. The van der Waals surface area contributed by atoms with Gasteiger partial charge in [-0.1, -0.05) is 48.3 Å². The molecule has 0 heterocycles. The topological polar surface area (TPSA) is 41.1 Å². The molecule has 2 aromatic rings. The third kappa shape index (κ3) is 4.38. The summed E-state index contributed by atoms with van der Waals surface area (Å²) in [5.41, 5.74) is 2.63. The predicted molar refractivity (Wildman–Crippen MR) is 89.4 cm³/mol. The van der Waals surface area contributed by atoms with Crippen molar-refractivity contribution in [2.75, 3.05) is 17.2 Å². The second-order valence-electron chi connectivity index (χ2n) is 4.54. The zero-order chi connectivity index (χ0) is 15.2. The minimum atomic E-state index is -0.123. The number of para-hydroxylation sites is 1. The van der Waals surface area contributed by atoms with Gasteiger partial charge in [-0.25, -0.2) is 0 Å². The zero-order valence-corrected chi connectivity index (χ0v) is 13.1. The molecule has 0 aliphatic rings. The fourth-order valence-corrected chi connectivity index (χ4v) is 2.43. The number of aryl methyl sites for hydroxylation is 1. The molecule has 3 nitrogen and oxygen atoms in total. The maximum Gasteiger partial charge on any atom is 0.243 e. The molecule has 2 aromatic carbocycles. The van der Waals surface area contributed by atoms with Gasteiger partial charge < -0.3 is 10.6 Å². The van der Waals surface area contributed by atoms with E-state index in [1.807, 2.05) is 24.3 Å². The average molecular weight is 323 g/mol. The van der Waals surface area contributed by atoms with Gasteiger partial charge in [-0.3, -0.25) is 4.79 Å². The summed E-state index contributed by atoms with van der Waals surface area (Å²) in [6, 6.07) is 12.9. The van der Waals surface area contributed by atoms with Crippen molar-refractivity contribution in [1.82, 2.24) is 0 Å². The van der Waals surface area contributed by atoms with Crippen molar-refractivity contribution < 1.29 is 4.79 Å². The Bertz CT molecular complexity index is 644. The van der Waals surface area contributed by atoms with Gasteiger partial charge in [-0.05, 0) is 36.2 Å². The van der Waals surface area contributed by atoms with E-state index in [-0.39, 0.29) is 12.5 Å². The lowest BCUT2D eigenvalue weighted by atomic mass is 10.1. The summed E-state index contributed by atoms with van der Waals surface area (Å²) in [6.07, 6.45) is 0.868. The Kier molecular flexibility index (Phi) is 5.48. The van der Waals surface area contributed by atoms with Crippen LogP contribution in [0, 0.1) is 0 Å². The first-order chi connectivity index (χ1) is 10.1. The Morgan fingerprint density at radius 3 is 2.57 bits per heavy atom. The van der Waals surface area contributed by atoms with Crippen molar-refractivity contribution in [3.63, 3.8) is 0 Å². The van der Waals surface area contributed by atoms with Crippen molar-refractivity contribution in [3.05, 3.63) is 58.1 Å². The second-order valence-corrected chi connectivity index (χ2v) is 5.38. The Balaban J connectivity index is 1.96. The molecular weight excluding hydrogens is 307 g/mol. The Hall–Kier alpha value is -1.71. The van der Waals surface area contributed by atoms with Crippen LogP contribution >= 0.6 is 23.2 Å². The average Bonchev–Trinajstić information content (AvgIpc) is 2.47. The number of amides is 1. The van der Waals surface area contributed by atoms with Crippen molar-refractivity contribution >= 4 is 40.5 Å². The van der Waals surface area contributed by atoms with Crippen LogP contribution in [0.15, 0.2) is 42.5 Å². The standard InChI is InChI=1S/C16H16Cl2N2O/c1-2-11-5-3-4-6-14(11)20-16(21)10-19-15-8-7-12(17)9-13(15)18/h3-9,19H,2,10H2,1H3,(H,20,21). The van der Waals surface area contributed by atoms with E-state index in [1.54, 1.807) is 18.2 Å². The first kappa shape index (κ1) is 15.7. The number of carbonyl (C=O) groups excluding carboxylic acids is 1. The number of benzene rings is 2.